The van der Waals surface area contributed by atoms with E-state index in [1.54, 1.807) is 7.05 Å². The fourth-order valence-electron chi connectivity index (χ4n) is 2.88. The normalized spacial score (nSPS) is 17.3. The van der Waals surface area contributed by atoms with Crippen LogP contribution in [0.25, 0.3) is 0 Å². The van der Waals surface area contributed by atoms with Crippen LogP contribution in [0.3, 0.4) is 0 Å². The number of thioether (sulfide) groups is 1. The number of hydrogen-bond donors (Lipinski definition) is 2. The molecular formula is C20H33N3O2S. The van der Waals surface area contributed by atoms with Crippen molar-refractivity contribution in [1.29, 1.82) is 0 Å². The van der Waals surface area contributed by atoms with E-state index in [4.69, 9.17) is 9.47 Å². The molecule has 1 saturated heterocycles. The molecule has 1 atom stereocenters. The van der Waals surface area contributed by atoms with Gasteiger partial charge in [-0.15, -0.1) is 0 Å². The van der Waals surface area contributed by atoms with Crippen LogP contribution in [0.1, 0.15) is 36.8 Å². The zero-order valence-electron chi connectivity index (χ0n) is 16.3. The lowest BCUT2D eigenvalue weighted by Crippen LogP contribution is -2.37. The fraction of sp³-hybridized carbons (Fsp3) is 0.650. The summed E-state index contributed by atoms with van der Waals surface area (Å²) in [6, 6.07) is 6.35. The molecule has 6 heteroatoms. The van der Waals surface area contributed by atoms with E-state index >= 15 is 0 Å². The molecule has 146 valence electrons. The van der Waals surface area contributed by atoms with Gasteiger partial charge >= 0.3 is 0 Å². The molecule has 1 aliphatic rings. The Morgan fingerprint density at radius 1 is 1.35 bits per heavy atom. The summed E-state index contributed by atoms with van der Waals surface area (Å²) in [4.78, 5) is 4.31. The highest BCUT2D eigenvalue weighted by Gasteiger charge is 2.17. The van der Waals surface area contributed by atoms with E-state index in [9.17, 15) is 0 Å². The van der Waals surface area contributed by atoms with Crippen LogP contribution in [0.4, 0.5) is 0 Å². The number of unbranched alkanes of at least 4 members (excludes halogenated alkanes) is 1. The predicted octanol–water partition coefficient (Wildman–Crippen LogP) is 3.36. The Kier molecular flexibility index (Phi) is 9.71. The summed E-state index contributed by atoms with van der Waals surface area (Å²) >= 11 is 1.89. The molecule has 5 nitrogen and oxygen atoms in total. The van der Waals surface area contributed by atoms with Crippen LogP contribution < -0.4 is 15.4 Å². The van der Waals surface area contributed by atoms with E-state index in [-0.39, 0.29) is 6.10 Å². The molecule has 2 N–H and O–H groups in total. The fourth-order valence-corrected chi connectivity index (χ4v) is 3.37. The number of guanidine groups is 1. The van der Waals surface area contributed by atoms with Crippen molar-refractivity contribution in [3.8, 4) is 5.75 Å². The molecule has 1 heterocycles. The maximum absolute atomic E-state index is 6.07. The van der Waals surface area contributed by atoms with Crippen molar-refractivity contribution in [2.75, 3.05) is 38.8 Å². The lowest BCUT2D eigenvalue weighted by atomic mass is 10.1. The zero-order valence-corrected chi connectivity index (χ0v) is 17.2. The zero-order chi connectivity index (χ0) is 18.6. The second-order valence-electron chi connectivity index (χ2n) is 6.61. The monoisotopic (exact) mass is 379 g/mol. The van der Waals surface area contributed by atoms with Crippen LogP contribution in [0.2, 0.25) is 0 Å². The van der Waals surface area contributed by atoms with Gasteiger partial charge in [-0.3, -0.25) is 4.99 Å². The summed E-state index contributed by atoms with van der Waals surface area (Å²) in [5.74, 6) is 2.98. The summed E-state index contributed by atoms with van der Waals surface area (Å²) in [7, 11) is 1.81. The number of hydrogen-bond acceptors (Lipinski definition) is 4. The Balaban J connectivity index is 1.82. The standard InChI is InChI=1S/C20H33N3O2S/c1-16-8-9-17(19(13-16)25-15-18-7-6-11-24-18)14-23-20(21-2)22-10-4-5-12-26-3/h8-9,13,18H,4-7,10-12,14-15H2,1-3H3,(H2,21,22,23). The van der Waals surface area contributed by atoms with E-state index in [2.05, 4.69) is 47.0 Å². The van der Waals surface area contributed by atoms with Gasteiger partial charge in [-0.1, -0.05) is 12.1 Å². The molecule has 0 saturated carbocycles. The van der Waals surface area contributed by atoms with E-state index in [1.165, 1.54) is 17.7 Å². The first-order valence-electron chi connectivity index (χ1n) is 9.50. The molecule has 1 aliphatic heterocycles. The van der Waals surface area contributed by atoms with Gasteiger partial charge in [-0.25, -0.2) is 0 Å². The van der Waals surface area contributed by atoms with Crippen molar-refractivity contribution in [2.45, 2.75) is 45.3 Å². The Morgan fingerprint density at radius 2 is 2.23 bits per heavy atom. The van der Waals surface area contributed by atoms with Crippen LogP contribution in [0, 0.1) is 6.92 Å². The molecule has 0 radical (unpaired) electrons. The number of aryl methyl sites for hydroxylation is 1. The Morgan fingerprint density at radius 3 is 2.96 bits per heavy atom. The van der Waals surface area contributed by atoms with Crippen molar-refractivity contribution in [3.05, 3.63) is 29.3 Å². The number of nitrogens with zero attached hydrogens (tertiary/aromatic N) is 1. The first-order valence-corrected chi connectivity index (χ1v) is 10.9. The van der Waals surface area contributed by atoms with Gasteiger partial charge in [0.1, 0.15) is 12.4 Å². The van der Waals surface area contributed by atoms with Crippen LogP contribution >= 0.6 is 11.8 Å². The molecule has 26 heavy (non-hydrogen) atoms. The van der Waals surface area contributed by atoms with Gasteiger partial charge in [0, 0.05) is 32.3 Å². The minimum atomic E-state index is 0.229. The molecule has 0 spiro atoms. The molecule has 0 aromatic heterocycles. The minimum Gasteiger partial charge on any atom is -0.491 e. The number of ether oxygens (including phenoxy) is 2. The molecule has 1 unspecified atom stereocenters. The smallest absolute Gasteiger partial charge is 0.191 e. The van der Waals surface area contributed by atoms with Gasteiger partial charge in [-0.2, -0.15) is 11.8 Å². The lowest BCUT2D eigenvalue weighted by Gasteiger charge is -2.17. The number of rotatable bonds is 10. The van der Waals surface area contributed by atoms with Gasteiger partial charge < -0.3 is 20.1 Å². The highest BCUT2D eigenvalue weighted by molar-refractivity contribution is 7.98. The molecule has 1 aromatic carbocycles. The van der Waals surface area contributed by atoms with Crippen LogP contribution in [0.15, 0.2) is 23.2 Å². The lowest BCUT2D eigenvalue weighted by molar-refractivity contribution is 0.0676. The summed E-state index contributed by atoms with van der Waals surface area (Å²) in [5.41, 5.74) is 2.34. The van der Waals surface area contributed by atoms with Crippen molar-refractivity contribution >= 4 is 17.7 Å². The van der Waals surface area contributed by atoms with Crippen molar-refractivity contribution < 1.29 is 9.47 Å². The summed E-state index contributed by atoms with van der Waals surface area (Å²) in [6.45, 7) is 5.20. The molecule has 0 bridgehead atoms. The highest BCUT2D eigenvalue weighted by atomic mass is 32.2. The average molecular weight is 380 g/mol. The first-order chi connectivity index (χ1) is 12.7. The van der Waals surface area contributed by atoms with Crippen LogP contribution in [0.5, 0.6) is 5.75 Å². The van der Waals surface area contributed by atoms with E-state index in [0.717, 1.165) is 49.7 Å². The summed E-state index contributed by atoms with van der Waals surface area (Å²) in [5, 5.41) is 6.76. The van der Waals surface area contributed by atoms with Gasteiger partial charge in [0.2, 0.25) is 0 Å². The second kappa shape index (κ2) is 12.1. The Hall–Kier alpha value is -1.40. The van der Waals surface area contributed by atoms with Gasteiger partial charge in [0.15, 0.2) is 5.96 Å². The number of benzene rings is 1. The quantitative estimate of drug-likeness (QED) is 0.371. The summed E-state index contributed by atoms with van der Waals surface area (Å²) < 4.78 is 11.7. The first kappa shape index (κ1) is 20.9. The van der Waals surface area contributed by atoms with E-state index in [0.29, 0.717) is 13.2 Å². The molecule has 1 aromatic rings. The van der Waals surface area contributed by atoms with Gasteiger partial charge in [0.25, 0.3) is 0 Å². The third-order valence-corrected chi connectivity index (χ3v) is 5.11. The van der Waals surface area contributed by atoms with Crippen LogP contribution in [-0.2, 0) is 11.3 Å². The summed E-state index contributed by atoms with van der Waals surface area (Å²) in [6.07, 6.45) is 6.98. The SMILES string of the molecule is CN=C(NCCCCSC)NCc1ccc(C)cc1OCC1CCCO1. The third-order valence-electron chi connectivity index (χ3n) is 4.41. The topological polar surface area (TPSA) is 54.9 Å². The maximum atomic E-state index is 6.07. The Labute approximate surface area is 162 Å². The molecule has 2 rings (SSSR count). The third kappa shape index (κ3) is 7.46. The molecule has 0 amide bonds. The average Bonchev–Trinajstić information content (AvgIpc) is 3.17. The van der Waals surface area contributed by atoms with Crippen molar-refractivity contribution in [1.82, 2.24) is 10.6 Å². The van der Waals surface area contributed by atoms with E-state index < -0.39 is 0 Å². The van der Waals surface area contributed by atoms with Crippen LogP contribution in [-0.4, -0.2) is 50.9 Å². The van der Waals surface area contributed by atoms with Gasteiger partial charge in [0.05, 0.1) is 6.10 Å². The highest BCUT2D eigenvalue weighted by Crippen LogP contribution is 2.22. The number of nitrogens with one attached hydrogen (secondary N) is 2. The molecule has 1 fully saturated rings. The molecule has 0 aliphatic carbocycles. The van der Waals surface area contributed by atoms with Gasteiger partial charge in [-0.05, 0) is 56.2 Å². The predicted molar refractivity (Wildman–Crippen MR) is 111 cm³/mol. The maximum Gasteiger partial charge on any atom is 0.191 e. The number of aliphatic imine (C=N–C) groups is 1. The van der Waals surface area contributed by atoms with E-state index in [1.807, 2.05) is 11.8 Å². The second-order valence-corrected chi connectivity index (χ2v) is 7.60. The minimum absolute atomic E-state index is 0.229. The largest absolute Gasteiger partial charge is 0.491 e. The molecular weight excluding hydrogens is 346 g/mol. The van der Waals surface area contributed by atoms with Crippen molar-refractivity contribution in [2.24, 2.45) is 4.99 Å². The Bertz CT molecular complexity index is 560. The van der Waals surface area contributed by atoms with Crippen molar-refractivity contribution in [3.63, 3.8) is 0 Å².